The Labute approximate surface area is 184 Å². The Hall–Kier alpha value is -2.29. The van der Waals surface area contributed by atoms with E-state index in [1.54, 1.807) is 7.11 Å². The van der Waals surface area contributed by atoms with Gasteiger partial charge in [-0.15, -0.1) is 0 Å². The summed E-state index contributed by atoms with van der Waals surface area (Å²) in [6, 6.07) is 13.8. The summed E-state index contributed by atoms with van der Waals surface area (Å²) in [4.78, 5) is 4.62. The highest BCUT2D eigenvalue weighted by molar-refractivity contribution is 7.92. The number of β-amino-alcohol motifs (C(OH)–C–C–N with tert-alkyl or cyclic N) is 1. The van der Waals surface area contributed by atoms with Crippen molar-refractivity contribution in [3.63, 3.8) is 0 Å². The molecule has 1 saturated heterocycles. The molecule has 1 N–H and O–H groups in total. The highest BCUT2D eigenvalue weighted by Gasteiger charge is 2.26. The maximum Gasteiger partial charge on any atom is 0.232 e. The molecule has 2 heterocycles. The van der Waals surface area contributed by atoms with Crippen LogP contribution < -0.4 is 13.9 Å². The van der Waals surface area contributed by atoms with Crippen LogP contribution in [0.2, 0.25) is 0 Å². The molecule has 2 aromatic rings. The molecule has 0 amide bonds. The first-order valence-electron chi connectivity index (χ1n) is 10.7. The summed E-state index contributed by atoms with van der Waals surface area (Å²) in [5.41, 5.74) is 3.75. The summed E-state index contributed by atoms with van der Waals surface area (Å²) in [7, 11) is -1.60. The zero-order chi connectivity index (χ0) is 22.0. The molecule has 0 bridgehead atoms. The molecule has 0 aliphatic carbocycles. The van der Waals surface area contributed by atoms with Gasteiger partial charge in [0.25, 0.3) is 0 Å². The Kier molecular flexibility index (Phi) is 6.41. The molecule has 0 spiro atoms. The molecular weight excluding hydrogens is 414 g/mol. The molecule has 2 aliphatic rings. The fraction of sp³-hybridized carbons (Fsp3) is 0.478. The SMILES string of the molecule is COc1cccc(N2CCN(CC(O)c3ccc4c(c3)CCCN4S(C)(=O)=O)CC2)c1. The van der Waals surface area contributed by atoms with Gasteiger partial charge in [-0.3, -0.25) is 9.21 Å². The van der Waals surface area contributed by atoms with Crippen molar-refractivity contribution < 1.29 is 18.3 Å². The van der Waals surface area contributed by atoms with Gasteiger partial charge in [0.2, 0.25) is 10.0 Å². The van der Waals surface area contributed by atoms with Crippen molar-refractivity contribution in [1.29, 1.82) is 0 Å². The third kappa shape index (κ3) is 4.97. The minimum absolute atomic E-state index is 0.519. The van der Waals surface area contributed by atoms with Crippen LogP contribution in [0.4, 0.5) is 11.4 Å². The third-order valence-corrected chi connectivity index (χ3v) is 7.37. The van der Waals surface area contributed by atoms with E-state index in [9.17, 15) is 13.5 Å². The average molecular weight is 446 g/mol. The second kappa shape index (κ2) is 9.06. The summed E-state index contributed by atoms with van der Waals surface area (Å²) in [6.07, 6.45) is 2.28. The van der Waals surface area contributed by atoms with E-state index in [1.807, 2.05) is 30.3 Å². The maximum absolute atomic E-state index is 12.1. The Morgan fingerprint density at radius 3 is 2.55 bits per heavy atom. The van der Waals surface area contributed by atoms with Crippen LogP contribution in [0.1, 0.15) is 23.7 Å². The van der Waals surface area contributed by atoms with Gasteiger partial charge in [-0.2, -0.15) is 0 Å². The zero-order valence-corrected chi connectivity index (χ0v) is 19.0. The lowest BCUT2D eigenvalue weighted by Crippen LogP contribution is -2.47. The third-order valence-electron chi connectivity index (χ3n) is 6.19. The van der Waals surface area contributed by atoms with Crippen LogP contribution in [0.3, 0.4) is 0 Å². The molecule has 168 valence electrons. The number of nitrogens with zero attached hydrogens (tertiary/aromatic N) is 3. The largest absolute Gasteiger partial charge is 0.497 e. The minimum atomic E-state index is -3.28. The summed E-state index contributed by atoms with van der Waals surface area (Å²) >= 11 is 0. The number of ether oxygens (including phenoxy) is 1. The van der Waals surface area contributed by atoms with E-state index in [0.717, 1.165) is 67.3 Å². The van der Waals surface area contributed by atoms with E-state index in [-0.39, 0.29) is 0 Å². The fourth-order valence-electron chi connectivity index (χ4n) is 4.48. The lowest BCUT2D eigenvalue weighted by Gasteiger charge is -2.37. The number of rotatable bonds is 6. The highest BCUT2D eigenvalue weighted by atomic mass is 32.2. The van der Waals surface area contributed by atoms with Crippen molar-refractivity contribution in [3.05, 3.63) is 53.6 Å². The van der Waals surface area contributed by atoms with Crippen LogP contribution in [0.5, 0.6) is 5.75 Å². The number of piperazine rings is 1. The predicted octanol–water partition coefficient (Wildman–Crippen LogP) is 2.26. The van der Waals surface area contributed by atoms with Gasteiger partial charge in [-0.05, 0) is 42.2 Å². The molecule has 31 heavy (non-hydrogen) atoms. The second-order valence-corrected chi connectivity index (χ2v) is 10.2. The molecule has 1 fully saturated rings. The molecule has 0 aromatic heterocycles. The maximum atomic E-state index is 12.1. The number of hydrogen-bond acceptors (Lipinski definition) is 6. The fourth-order valence-corrected chi connectivity index (χ4v) is 5.48. The molecule has 1 unspecified atom stereocenters. The highest BCUT2D eigenvalue weighted by Crippen LogP contribution is 2.32. The molecule has 1 atom stereocenters. The first-order chi connectivity index (χ1) is 14.8. The number of sulfonamides is 1. The normalized spacial score (nSPS) is 18.5. The molecule has 0 radical (unpaired) electrons. The van der Waals surface area contributed by atoms with Gasteiger partial charge in [0.15, 0.2) is 0 Å². The lowest BCUT2D eigenvalue weighted by molar-refractivity contribution is 0.109. The molecule has 2 aromatic carbocycles. The van der Waals surface area contributed by atoms with Crippen LogP contribution in [0.15, 0.2) is 42.5 Å². The van der Waals surface area contributed by atoms with Crippen molar-refractivity contribution in [3.8, 4) is 5.75 Å². The molecule has 2 aliphatic heterocycles. The van der Waals surface area contributed by atoms with Gasteiger partial charge in [0.05, 0.1) is 25.2 Å². The van der Waals surface area contributed by atoms with Gasteiger partial charge >= 0.3 is 0 Å². The minimum Gasteiger partial charge on any atom is -0.497 e. The van der Waals surface area contributed by atoms with E-state index >= 15 is 0 Å². The number of aliphatic hydroxyl groups is 1. The van der Waals surface area contributed by atoms with E-state index in [0.29, 0.717) is 13.1 Å². The molecule has 0 saturated carbocycles. The Balaban J connectivity index is 1.38. The Morgan fingerprint density at radius 2 is 1.84 bits per heavy atom. The van der Waals surface area contributed by atoms with Gasteiger partial charge in [-0.25, -0.2) is 8.42 Å². The summed E-state index contributed by atoms with van der Waals surface area (Å²) in [5.74, 6) is 0.859. The number of methoxy groups -OCH3 is 1. The van der Waals surface area contributed by atoms with Crippen molar-refractivity contribution in [2.24, 2.45) is 0 Å². The van der Waals surface area contributed by atoms with Gasteiger partial charge in [0.1, 0.15) is 5.75 Å². The van der Waals surface area contributed by atoms with Crippen molar-refractivity contribution >= 4 is 21.4 Å². The van der Waals surface area contributed by atoms with Crippen molar-refractivity contribution in [1.82, 2.24) is 4.90 Å². The molecule has 4 rings (SSSR count). The van der Waals surface area contributed by atoms with E-state index in [1.165, 1.54) is 10.6 Å². The van der Waals surface area contributed by atoms with Crippen LogP contribution in [0.25, 0.3) is 0 Å². The van der Waals surface area contributed by atoms with E-state index < -0.39 is 16.1 Å². The van der Waals surface area contributed by atoms with Gasteiger partial charge in [-0.1, -0.05) is 18.2 Å². The van der Waals surface area contributed by atoms with Crippen LogP contribution in [-0.4, -0.2) is 71.1 Å². The number of aliphatic hydroxyl groups excluding tert-OH is 1. The van der Waals surface area contributed by atoms with Crippen LogP contribution in [0, 0.1) is 0 Å². The van der Waals surface area contributed by atoms with Crippen molar-refractivity contribution in [2.45, 2.75) is 18.9 Å². The molecule has 7 nitrogen and oxygen atoms in total. The second-order valence-electron chi connectivity index (χ2n) is 8.33. The number of aryl methyl sites for hydroxylation is 1. The predicted molar refractivity (Wildman–Crippen MR) is 124 cm³/mol. The number of benzene rings is 2. The number of anilines is 2. The Bertz CT molecular complexity index is 1020. The summed E-state index contributed by atoms with van der Waals surface area (Å²) in [6.45, 7) is 4.63. The molecular formula is C23H31N3O4S. The number of hydrogen-bond donors (Lipinski definition) is 1. The smallest absolute Gasteiger partial charge is 0.232 e. The standard InChI is InChI=1S/C23H31N3O4S/c1-30-21-7-3-6-20(16-21)25-13-11-24(12-14-25)17-23(27)19-8-9-22-18(15-19)5-4-10-26(22)31(2,28)29/h3,6-9,15-16,23,27H,4-5,10-14,17H2,1-2H3. The van der Waals surface area contributed by atoms with Crippen LogP contribution in [-0.2, 0) is 16.4 Å². The monoisotopic (exact) mass is 445 g/mol. The summed E-state index contributed by atoms with van der Waals surface area (Å²) < 4.78 is 30.9. The van der Waals surface area contributed by atoms with Crippen molar-refractivity contribution in [2.75, 3.05) is 61.8 Å². The molecule has 8 heteroatoms. The van der Waals surface area contributed by atoms with Crippen LogP contribution >= 0.6 is 0 Å². The van der Waals surface area contributed by atoms with Gasteiger partial charge < -0.3 is 14.7 Å². The van der Waals surface area contributed by atoms with E-state index in [2.05, 4.69) is 21.9 Å². The first-order valence-corrected chi connectivity index (χ1v) is 12.6. The van der Waals surface area contributed by atoms with E-state index in [4.69, 9.17) is 4.74 Å². The first kappa shape index (κ1) is 21.9. The zero-order valence-electron chi connectivity index (χ0n) is 18.2. The number of fused-ring (bicyclic) bond motifs is 1. The van der Waals surface area contributed by atoms with Gasteiger partial charge in [0, 0.05) is 51.0 Å². The lowest BCUT2D eigenvalue weighted by atomic mass is 9.98. The average Bonchev–Trinajstić information content (AvgIpc) is 2.78. The topological polar surface area (TPSA) is 73.3 Å². The Morgan fingerprint density at radius 1 is 1.06 bits per heavy atom. The summed E-state index contributed by atoms with van der Waals surface area (Å²) in [5, 5.41) is 10.8. The quantitative estimate of drug-likeness (QED) is 0.735.